The predicted octanol–water partition coefficient (Wildman–Crippen LogP) is 1.29. The Bertz CT molecular complexity index is 365. The number of ketones is 1. The summed E-state index contributed by atoms with van der Waals surface area (Å²) in [6, 6.07) is 0. The summed E-state index contributed by atoms with van der Waals surface area (Å²) in [5.41, 5.74) is -2.70. The van der Waals surface area contributed by atoms with Gasteiger partial charge in [-0.05, 0) is 45.1 Å². The molecule has 2 unspecified atom stereocenters. The molecule has 0 bridgehead atoms. The van der Waals surface area contributed by atoms with Crippen LogP contribution < -0.4 is 0 Å². The third kappa shape index (κ3) is 3.65. The van der Waals surface area contributed by atoms with Gasteiger partial charge in [0.25, 0.3) is 0 Å². The van der Waals surface area contributed by atoms with Crippen LogP contribution in [-0.4, -0.2) is 38.4 Å². The van der Waals surface area contributed by atoms with Crippen molar-refractivity contribution in [3.8, 4) is 0 Å². The number of aliphatic hydroxyl groups excluding tert-OH is 1. The third-order valence-corrected chi connectivity index (χ3v) is 4.28. The van der Waals surface area contributed by atoms with E-state index in [1.807, 2.05) is 13.8 Å². The fourth-order valence-corrected chi connectivity index (χ4v) is 2.95. The average Bonchev–Trinajstić information content (AvgIpc) is 2.48. The van der Waals surface area contributed by atoms with Gasteiger partial charge in [-0.2, -0.15) is 0 Å². The van der Waals surface area contributed by atoms with Crippen molar-refractivity contribution in [1.82, 2.24) is 0 Å². The second kappa shape index (κ2) is 5.35. The molecule has 0 amide bonds. The lowest BCUT2D eigenvalue weighted by Crippen LogP contribution is -2.48. The van der Waals surface area contributed by atoms with Crippen molar-refractivity contribution in [2.45, 2.75) is 58.3 Å². The lowest BCUT2D eigenvalue weighted by molar-refractivity contribution is -0.142. The highest BCUT2D eigenvalue weighted by Crippen LogP contribution is 2.43. The minimum Gasteiger partial charge on any atom is -0.393 e. The summed E-state index contributed by atoms with van der Waals surface area (Å²) in [6.07, 6.45) is 2.51. The molecule has 3 N–H and O–H groups in total. The molecule has 4 nitrogen and oxygen atoms in total. The Balaban J connectivity index is 2.91. The Morgan fingerprint density at radius 1 is 1.21 bits per heavy atom. The number of aliphatic hydroxyl groups is 3. The minimum atomic E-state index is -1.61. The van der Waals surface area contributed by atoms with Crippen LogP contribution in [0.15, 0.2) is 12.2 Å². The van der Waals surface area contributed by atoms with E-state index in [-0.39, 0.29) is 11.8 Å². The van der Waals surface area contributed by atoms with E-state index >= 15 is 0 Å². The molecule has 1 aliphatic rings. The molecule has 0 aromatic carbocycles. The summed E-state index contributed by atoms with van der Waals surface area (Å²) in [5, 5.41) is 30.1. The Hall–Kier alpha value is -0.710. The molecule has 0 spiro atoms. The molecule has 0 heterocycles. The van der Waals surface area contributed by atoms with Crippen LogP contribution in [0.25, 0.3) is 0 Å². The van der Waals surface area contributed by atoms with Gasteiger partial charge in [-0.25, -0.2) is 0 Å². The lowest BCUT2D eigenvalue weighted by Gasteiger charge is -2.33. The number of carbonyl (C=O) groups is 1. The highest BCUT2D eigenvalue weighted by molar-refractivity contribution is 5.97. The first-order valence-corrected chi connectivity index (χ1v) is 6.83. The van der Waals surface area contributed by atoms with E-state index in [4.69, 9.17) is 0 Å². The van der Waals surface area contributed by atoms with Gasteiger partial charge in [-0.15, -0.1) is 0 Å². The summed E-state index contributed by atoms with van der Waals surface area (Å²) in [4.78, 5) is 12.1. The molecule has 1 rings (SSSR count). The Kier molecular flexibility index (Phi) is 4.60. The molecule has 110 valence electrons. The van der Waals surface area contributed by atoms with E-state index in [9.17, 15) is 20.1 Å². The standard InChI is InChI=1S/C15H26O4/c1-9-8-11(16)13(10(9)2)15(5,19)12(17)6-7-14(3,4)18/h6-7,9-11,13,16,18-19H,8H2,1-5H3/b7-6+/t9-,10?,11-,13?,15-/m0/s1. The first-order chi connectivity index (χ1) is 8.47. The molecule has 1 saturated carbocycles. The highest BCUT2D eigenvalue weighted by atomic mass is 16.3. The molecular formula is C15H26O4. The first kappa shape index (κ1) is 16.3. The normalized spacial score (nSPS) is 35.6. The van der Waals surface area contributed by atoms with Gasteiger partial charge in [0.1, 0.15) is 5.60 Å². The van der Waals surface area contributed by atoms with Gasteiger partial charge in [-0.1, -0.05) is 19.9 Å². The fraction of sp³-hybridized carbons (Fsp3) is 0.800. The second-order valence-corrected chi connectivity index (χ2v) is 6.66. The summed E-state index contributed by atoms with van der Waals surface area (Å²) in [5.74, 6) is -0.594. The molecule has 1 fully saturated rings. The zero-order chi connectivity index (χ0) is 15.0. The van der Waals surface area contributed by atoms with Crippen molar-refractivity contribution in [3.63, 3.8) is 0 Å². The molecule has 0 aromatic heterocycles. The van der Waals surface area contributed by atoms with Crippen LogP contribution in [0.2, 0.25) is 0 Å². The monoisotopic (exact) mass is 270 g/mol. The van der Waals surface area contributed by atoms with E-state index in [1.54, 1.807) is 13.8 Å². The number of hydrogen-bond donors (Lipinski definition) is 3. The van der Waals surface area contributed by atoms with Gasteiger partial charge >= 0.3 is 0 Å². The number of rotatable bonds is 4. The molecular weight excluding hydrogens is 244 g/mol. The van der Waals surface area contributed by atoms with Crippen LogP contribution in [0.3, 0.4) is 0 Å². The van der Waals surface area contributed by atoms with Crippen molar-refractivity contribution in [3.05, 3.63) is 12.2 Å². The van der Waals surface area contributed by atoms with Crippen LogP contribution in [0.4, 0.5) is 0 Å². The summed E-state index contributed by atoms with van der Waals surface area (Å²) >= 11 is 0. The SMILES string of the molecule is CC1C([C@@](C)(O)C(=O)/C=C/C(C)(C)O)[C@@H](O)C[C@@H]1C. The van der Waals surface area contributed by atoms with Crippen LogP contribution in [0.1, 0.15) is 41.0 Å². The maximum Gasteiger partial charge on any atom is 0.187 e. The predicted molar refractivity (Wildman–Crippen MR) is 73.5 cm³/mol. The van der Waals surface area contributed by atoms with E-state index < -0.39 is 29.0 Å². The maximum atomic E-state index is 12.1. The molecule has 19 heavy (non-hydrogen) atoms. The molecule has 0 aromatic rings. The average molecular weight is 270 g/mol. The van der Waals surface area contributed by atoms with E-state index in [2.05, 4.69) is 0 Å². The lowest BCUT2D eigenvalue weighted by atomic mass is 9.76. The van der Waals surface area contributed by atoms with Gasteiger partial charge in [0.2, 0.25) is 0 Å². The number of hydrogen-bond acceptors (Lipinski definition) is 4. The smallest absolute Gasteiger partial charge is 0.187 e. The summed E-state index contributed by atoms with van der Waals surface area (Å²) < 4.78 is 0. The van der Waals surface area contributed by atoms with Gasteiger partial charge in [0, 0.05) is 5.92 Å². The van der Waals surface area contributed by atoms with Gasteiger partial charge in [0.05, 0.1) is 11.7 Å². The van der Waals surface area contributed by atoms with Crippen molar-refractivity contribution in [1.29, 1.82) is 0 Å². The Morgan fingerprint density at radius 3 is 2.11 bits per heavy atom. The summed E-state index contributed by atoms with van der Waals surface area (Å²) in [6.45, 7) is 8.53. The van der Waals surface area contributed by atoms with Gasteiger partial charge in [-0.3, -0.25) is 4.79 Å². The Morgan fingerprint density at radius 2 is 1.74 bits per heavy atom. The minimum absolute atomic E-state index is 0.0736. The Labute approximate surface area is 115 Å². The van der Waals surface area contributed by atoms with Crippen molar-refractivity contribution >= 4 is 5.78 Å². The van der Waals surface area contributed by atoms with E-state index in [0.717, 1.165) is 0 Å². The van der Waals surface area contributed by atoms with Crippen molar-refractivity contribution in [2.24, 2.45) is 17.8 Å². The topological polar surface area (TPSA) is 77.8 Å². The van der Waals surface area contributed by atoms with E-state index in [0.29, 0.717) is 6.42 Å². The molecule has 4 heteroatoms. The fourth-order valence-electron chi connectivity index (χ4n) is 2.95. The second-order valence-electron chi connectivity index (χ2n) is 6.66. The summed E-state index contributed by atoms with van der Waals surface area (Å²) in [7, 11) is 0. The zero-order valence-corrected chi connectivity index (χ0v) is 12.4. The van der Waals surface area contributed by atoms with Crippen molar-refractivity contribution in [2.75, 3.05) is 0 Å². The largest absolute Gasteiger partial charge is 0.393 e. The maximum absolute atomic E-state index is 12.1. The zero-order valence-electron chi connectivity index (χ0n) is 12.4. The first-order valence-electron chi connectivity index (χ1n) is 6.83. The van der Waals surface area contributed by atoms with Crippen LogP contribution >= 0.6 is 0 Å². The number of carbonyl (C=O) groups excluding carboxylic acids is 1. The third-order valence-electron chi connectivity index (χ3n) is 4.28. The van der Waals surface area contributed by atoms with Crippen molar-refractivity contribution < 1.29 is 20.1 Å². The molecule has 1 aliphatic carbocycles. The molecule has 0 radical (unpaired) electrons. The molecule has 5 atom stereocenters. The van der Waals surface area contributed by atoms with Crippen LogP contribution in [0, 0.1) is 17.8 Å². The van der Waals surface area contributed by atoms with Crippen LogP contribution in [-0.2, 0) is 4.79 Å². The highest BCUT2D eigenvalue weighted by Gasteiger charge is 2.50. The van der Waals surface area contributed by atoms with Gasteiger partial charge < -0.3 is 15.3 Å². The van der Waals surface area contributed by atoms with Gasteiger partial charge in [0.15, 0.2) is 5.78 Å². The molecule has 0 aliphatic heterocycles. The molecule has 0 saturated heterocycles. The van der Waals surface area contributed by atoms with E-state index in [1.165, 1.54) is 19.1 Å². The quantitative estimate of drug-likeness (QED) is 0.673. The van der Waals surface area contributed by atoms with Crippen LogP contribution in [0.5, 0.6) is 0 Å².